The van der Waals surface area contributed by atoms with E-state index in [4.69, 9.17) is 9.15 Å². The maximum atomic E-state index is 12.8. The van der Waals surface area contributed by atoms with Crippen molar-refractivity contribution in [3.8, 4) is 22.9 Å². The fourth-order valence-corrected chi connectivity index (χ4v) is 4.03. The second kappa shape index (κ2) is 10.2. The lowest BCUT2D eigenvalue weighted by Gasteiger charge is -2.13. The molecular formula is C25H24N4O3S. The highest BCUT2D eigenvalue weighted by atomic mass is 32.2. The van der Waals surface area contributed by atoms with Crippen LogP contribution in [0.1, 0.15) is 12.7 Å². The summed E-state index contributed by atoms with van der Waals surface area (Å²) in [7, 11) is 0. The van der Waals surface area contributed by atoms with Crippen LogP contribution in [0.25, 0.3) is 11.4 Å². The molecule has 0 aliphatic heterocycles. The smallest absolute Gasteiger partial charge is 0.237 e. The normalized spacial score (nSPS) is 11.7. The molecule has 4 aromatic rings. The van der Waals surface area contributed by atoms with Crippen LogP contribution < -0.4 is 10.1 Å². The fourth-order valence-electron chi connectivity index (χ4n) is 3.17. The van der Waals surface area contributed by atoms with Crippen molar-refractivity contribution in [3.05, 3.63) is 85.3 Å². The Kier molecular flexibility index (Phi) is 6.95. The standard InChI is InChI=1S/C25H24N4O3S/c1-4-15-29-23(22-14-16-31-17(22)2)27-28-25(29)33-18(3)24(30)26-19-10-12-21(13-11-19)32-20-8-6-5-7-9-20/h4-14,16,18H,1,15H2,2-3H3,(H,26,30). The van der Waals surface area contributed by atoms with Crippen molar-refractivity contribution in [3.63, 3.8) is 0 Å². The van der Waals surface area contributed by atoms with Crippen LogP contribution in [0.3, 0.4) is 0 Å². The number of carbonyl (C=O) groups is 1. The van der Waals surface area contributed by atoms with Gasteiger partial charge in [0.25, 0.3) is 0 Å². The van der Waals surface area contributed by atoms with Gasteiger partial charge in [0, 0.05) is 12.2 Å². The van der Waals surface area contributed by atoms with Crippen molar-refractivity contribution in [1.82, 2.24) is 14.8 Å². The van der Waals surface area contributed by atoms with E-state index >= 15 is 0 Å². The number of nitrogens with zero attached hydrogens (tertiary/aromatic N) is 3. The molecule has 0 spiro atoms. The molecule has 1 unspecified atom stereocenters. The lowest BCUT2D eigenvalue weighted by Crippen LogP contribution is -2.23. The van der Waals surface area contributed by atoms with Crippen LogP contribution in [0.4, 0.5) is 5.69 Å². The summed E-state index contributed by atoms with van der Waals surface area (Å²) >= 11 is 1.34. The fraction of sp³-hybridized carbons (Fsp3) is 0.160. The zero-order valence-corrected chi connectivity index (χ0v) is 19.2. The molecule has 1 atom stereocenters. The Morgan fingerprint density at radius 3 is 2.55 bits per heavy atom. The van der Waals surface area contributed by atoms with Gasteiger partial charge in [-0.2, -0.15) is 0 Å². The zero-order valence-electron chi connectivity index (χ0n) is 18.4. The van der Waals surface area contributed by atoms with Crippen LogP contribution in [0.5, 0.6) is 11.5 Å². The third-order valence-electron chi connectivity index (χ3n) is 4.88. The first kappa shape index (κ1) is 22.4. The lowest BCUT2D eigenvalue weighted by molar-refractivity contribution is -0.115. The molecule has 168 valence electrons. The number of aryl methyl sites for hydroxylation is 1. The Morgan fingerprint density at radius 2 is 1.88 bits per heavy atom. The molecule has 33 heavy (non-hydrogen) atoms. The summed E-state index contributed by atoms with van der Waals surface area (Å²) in [6.07, 6.45) is 3.40. The van der Waals surface area contributed by atoms with E-state index in [2.05, 4.69) is 22.1 Å². The van der Waals surface area contributed by atoms with Gasteiger partial charge in [0.2, 0.25) is 5.91 Å². The SMILES string of the molecule is C=CCn1c(SC(C)C(=O)Nc2ccc(Oc3ccccc3)cc2)nnc1-c1ccoc1C. The predicted octanol–water partition coefficient (Wildman–Crippen LogP) is 5.94. The van der Waals surface area contributed by atoms with Gasteiger partial charge >= 0.3 is 0 Å². The van der Waals surface area contributed by atoms with Gasteiger partial charge in [-0.05, 0) is 56.3 Å². The number of aromatic nitrogens is 3. The number of anilines is 1. The molecular weight excluding hydrogens is 436 g/mol. The summed E-state index contributed by atoms with van der Waals surface area (Å²) < 4.78 is 13.1. The molecule has 1 N–H and O–H groups in total. The first-order valence-corrected chi connectivity index (χ1v) is 11.3. The highest BCUT2D eigenvalue weighted by molar-refractivity contribution is 8.00. The second-order valence-corrected chi connectivity index (χ2v) is 8.59. The minimum Gasteiger partial charge on any atom is -0.469 e. The molecule has 1 amide bonds. The molecule has 0 aliphatic carbocycles. The van der Waals surface area contributed by atoms with Gasteiger partial charge in [-0.3, -0.25) is 9.36 Å². The molecule has 7 nitrogen and oxygen atoms in total. The molecule has 2 aromatic carbocycles. The van der Waals surface area contributed by atoms with Gasteiger partial charge in [-0.15, -0.1) is 16.8 Å². The van der Waals surface area contributed by atoms with E-state index in [1.54, 1.807) is 12.3 Å². The Hall–Kier alpha value is -3.78. The number of ether oxygens (including phenoxy) is 1. The topological polar surface area (TPSA) is 82.2 Å². The highest BCUT2D eigenvalue weighted by Gasteiger charge is 2.22. The molecule has 0 bridgehead atoms. The summed E-state index contributed by atoms with van der Waals surface area (Å²) in [6, 6.07) is 18.7. The molecule has 0 saturated carbocycles. The number of hydrogen-bond acceptors (Lipinski definition) is 6. The van der Waals surface area contributed by atoms with Crippen LogP contribution >= 0.6 is 11.8 Å². The third kappa shape index (κ3) is 5.35. The van der Waals surface area contributed by atoms with Crippen LogP contribution in [-0.4, -0.2) is 25.9 Å². The number of allylic oxidation sites excluding steroid dienone is 1. The second-order valence-electron chi connectivity index (χ2n) is 7.28. The highest BCUT2D eigenvalue weighted by Crippen LogP contribution is 2.30. The Labute approximate surface area is 196 Å². The number of para-hydroxylation sites is 1. The average Bonchev–Trinajstić information content (AvgIpc) is 3.41. The third-order valence-corrected chi connectivity index (χ3v) is 5.96. The molecule has 0 saturated heterocycles. The Bertz CT molecular complexity index is 1230. The van der Waals surface area contributed by atoms with Gasteiger partial charge in [0.05, 0.1) is 17.1 Å². The zero-order chi connectivity index (χ0) is 23.2. The van der Waals surface area contributed by atoms with Crippen LogP contribution in [-0.2, 0) is 11.3 Å². The minimum atomic E-state index is -0.392. The van der Waals surface area contributed by atoms with Crippen molar-refractivity contribution in [2.24, 2.45) is 0 Å². The molecule has 0 radical (unpaired) electrons. The lowest BCUT2D eigenvalue weighted by atomic mass is 10.2. The van der Waals surface area contributed by atoms with Gasteiger partial charge < -0.3 is 14.5 Å². The molecule has 0 aliphatic rings. The van der Waals surface area contributed by atoms with Crippen molar-refractivity contribution >= 4 is 23.4 Å². The number of carbonyl (C=O) groups excluding carboxylic acids is 1. The first-order chi connectivity index (χ1) is 16.0. The van der Waals surface area contributed by atoms with E-state index in [1.807, 2.05) is 79.1 Å². The van der Waals surface area contributed by atoms with Crippen LogP contribution in [0.2, 0.25) is 0 Å². The van der Waals surface area contributed by atoms with Crippen molar-refractivity contribution in [2.75, 3.05) is 5.32 Å². The maximum absolute atomic E-state index is 12.8. The molecule has 0 fully saturated rings. The number of nitrogens with one attached hydrogen (secondary N) is 1. The predicted molar refractivity (Wildman–Crippen MR) is 130 cm³/mol. The van der Waals surface area contributed by atoms with Crippen molar-refractivity contribution < 1.29 is 13.9 Å². The minimum absolute atomic E-state index is 0.133. The first-order valence-electron chi connectivity index (χ1n) is 10.4. The Balaban J connectivity index is 1.41. The maximum Gasteiger partial charge on any atom is 0.237 e. The number of furan rings is 1. The summed E-state index contributed by atoms with van der Waals surface area (Å²) in [5.41, 5.74) is 1.56. The number of benzene rings is 2. The van der Waals surface area contributed by atoms with Crippen molar-refractivity contribution in [1.29, 1.82) is 0 Å². The molecule has 2 aromatic heterocycles. The monoisotopic (exact) mass is 460 g/mol. The van der Waals surface area contributed by atoms with Crippen molar-refractivity contribution in [2.45, 2.75) is 30.8 Å². The molecule has 4 rings (SSSR count). The number of amides is 1. The van der Waals surface area contributed by atoms with Gasteiger partial charge in [0.1, 0.15) is 17.3 Å². The van der Waals surface area contributed by atoms with Crippen LogP contribution in [0.15, 0.2) is 89.2 Å². The van der Waals surface area contributed by atoms with E-state index < -0.39 is 5.25 Å². The Morgan fingerprint density at radius 1 is 1.15 bits per heavy atom. The van der Waals surface area contributed by atoms with E-state index in [0.29, 0.717) is 29.0 Å². The molecule has 2 heterocycles. The summed E-state index contributed by atoms with van der Waals surface area (Å²) in [5.74, 6) is 2.76. The van der Waals surface area contributed by atoms with E-state index in [-0.39, 0.29) is 5.91 Å². The summed E-state index contributed by atoms with van der Waals surface area (Å²) in [5, 5.41) is 11.8. The number of thioether (sulfide) groups is 1. The largest absolute Gasteiger partial charge is 0.469 e. The quantitative estimate of drug-likeness (QED) is 0.246. The molecule has 8 heteroatoms. The van der Waals surface area contributed by atoms with E-state index in [1.165, 1.54) is 11.8 Å². The van der Waals surface area contributed by atoms with Gasteiger partial charge in [-0.25, -0.2) is 0 Å². The average molecular weight is 461 g/mol. The van der Waals surface area contributed by atoms with Gasteiger partial charge in [0.15, 0.2) is 11.0 Å². The summed E-state index contributed by atoms with van der Waals surface area (Å²) in [6.45, 7) is 8.06. The van der Waals surface area contributed by atoms with Crippen LogP contribution in [0, 0.1) is 6.92 Å². The summed E-state index contributed by atoms with van der Waals surface area (Å²) in [4.78, 5) is 12.8. The number of rotatable bonds is 9. The van der Waals surface area contributed by atoms with E-state index in [0.717, 1.165) is 17.1 Å². The number of hydrogen-bond donors (Lipinski definition) is 1. The van der Waals surface area contributed by atoms with Gasteiger partial charge in [-0.1, -0.05) is 36.0 Å². The van der Waals surface area contributed by atoms with E-state index in [9.17, 15) is 4.79 Å².